The van der Waals surface area contributed by atoms with Gasteiger partial charge >= 0.3 is 0 Å². The normalized spacial score (nSPS) is 12.9. The third kappa shape index (κ3) is 3.35. The molecule has 0 aliphatic carbocycles. The first-order valence-electron chi connectivity index (χ1n) is 4.71. The Morgan fingerprint density at radius 2 is 2.27 bits per heavy atom. The van der Waals surface area contributed by atoms with Gasteiger partial charge in [0.1, 0.15) is 0 Å². The fourth-order valence-corrected chi connectivity index (χ4v) is 1.41. The first kappa shape index (κ1) is 12.3. The van der Waals surface area contributed by atoms with Gasteiger partial charge in [-0.25, -0.2) is 0 Å². The molecule has 0 spiro atoms. The molecule has 1 heterocycles. The van der Waals surface area contributed by atoms with Crippen molar-refractivity contribution in [2.75, 3.05) is 6.61 Å². The number of carbonyl (C=O) groups excluding carboxylic acids is 1. The number of carbonyl (C=O) groups is 1. The zero-order chi connectivity index (χ0) is 11.4. The summed E-state index contributed by atoms with van der Waals surface area (Å²) in [6.07, 6.45) is 0. The number of halogens is 1. The first-order valence-corrected chi connectivity index (χ1v) is 5.51. The Labute approximate surface area is 96.8 Å². The highest BCUT2D eigenvalue weighted by atomic mass is 79.9. The summed E-state index contributed by atoms with van der Waals surface area (Å²) >= 11 is 3.12. The highest BCUT2D eigenvalue weighted by molar-refractivity contribution is 9.10. The maximum atomic E-state index is 11.6. The number of aliphatic hydroxyl groups excluding tert-OH is 1. The van der Waals surface area contributed by atoms with E-state index in [9.17, 15) is 4.79 Å². The SMILES string of the molecule is CC(C)C(CO)NC(=O)c1ccc(Br)o1. The van der Waals surface area contributed by atoms with E-state index in [1.165, 1.54) is 0 Å². The summed E-state index contributed by atoms with van der Waals surface area (Å²) in [5.74, 6) is 0.103. The number of nitrogens with one attached hydrogen (secondary N) is 1. The molecule has 1 amide bonds. The van der Waals surface area contributed by atoms with Crippen LogP contribution in [0, 0.1) is 5.92 Å². The maximum Gasteiger partial charge on any atom is 0.287 e. The predicted octanol–water partition coefficient (Wildman–Crippen LogP) is 1.79. The van der Waals surface area contributed by atoms with Crippen molar-refractivity contribution in [3.63, 3.8) is 0 Å². The minimum absolute atomic E-state index is 0.0781. The fourth-order valence-electron chi connectivity index (χ4n) is 1.10. The van der Waals surface area contributed by atoms with Gasteiger partial charge in [0.2, 0.25) is 0 Å². The Morgan fingerprint density at radius 3 is 2.67 bits per heavy atom. The van der Waals surface area contributed by atoms with Gasteiger partial charge < -0.3 is 14.8 Å². The summed E-state index contributed by atoms with van der Waals surface area (Å²) < 4.78 is 5.61. The number of hydrogen-bond acceptors (Lipinski definition) is 3. The van der Waals surface area contributed by atoms with Crippen LogP contribution in [0.25, 0.3) is 0 Å². The third-order valence-electron chi connectivity index (χ3n) is 2.11. The van der Waals surface area contributed by atoms with Gasteiger partial charge in [-0.1, -0.05) is 13.8 Å². The standard InChI is InChI=1S/C10H14BrNO3/c1-6(2)7(5-13)12-10(14)8-3-4-9(11)15-8/h3-4,6-7,13H,5H2,1-2H3,(H,12,14). The summed E-state index contributed by atoms with van der Waals surface area (Å²) in [6.45, 7) is 3.78. The van der Waals surface area contributed by atoms with Crippen molar-refractivity contribution in [1.29, 1.82) is 0 Å². The van der Waals surface area contributed by atoms with Crippen LogP contribution in [0.4, 0.5) is 0 Å². The van der Waals surface area contributed by atoms with Crippen molar-refractivity contribution in [2.24, 2.45) is 5.92 Å². The van der Waals surface area contributed by atoms with E-state index in [0.29, 0.717) is 4.67 Å². The van der Waals surface area contributed by atoms with Crippen LogP contribution in [0.15, 0.2) is 21.2 Å². The highest BCUT2D eigenvalue weighted by Gasteiger charge is 2.18. The Hall–Kier alpha value is -0.810. The molecule has 0 saturated carbocycles. The fraction of sp³-hybridized carbons (Fsp3) is 0.500. The second-order valence-corrected chi connectivity index (χ2v) is 4.39. The van der Waals surface area contributed by atoms with Crippen LogP contribution in [0.2, 0.25) is 0 Å². The van der Waals surface area contributed by atoms with Crippen LogP contribution >= 0.6 is 15.9 Å². The summed E-state index contributed by atoms with van der Waals surface area (Å²) in [7, 11) is 0. The van der Waals surface area contributed by atoms with Crippen molar-refractivity contribution in [3.8, 4) is 0 Å². The molecular weight excluding hydrogens is 262 g/mol. The van der Waals surface area contributed by atoms with Crippen molar-refractivity contribution in [1.82, 2.24) is 5.32 Å². The largest absolute Gasteiger partial charge is 0.444 e. The van der Waals surface area contributed by atoms with Gasteiger partial charge in [-0.15, -0.1) is 0 Å². The highest BCUT2D eigenvalue weighted by Crippen LogP contribution is 2.14. The quantitative estimate of drug-likeness (QED) is 0.881. The van der Waals surface area contributed by atoms with Crippen LogP contribution in [0.5, 0.6) is 0 Å². The molecule has 4 nitrogen and oxygen atoms in total. The molecule has 15 heavy (non-hydrogen) atoms. The van der Waals surface area contributed by atoms with Crippen LogP contribution in [-0.4, -0.2) is 23.7 Å². The van der Waals surface area contributed by atoms with Gasteiger partial charge in [0.25, 0.3) is 5.91 Å². The molecule has 2 N–H and O–H groups in total. The van der Waals surface area contributed by atoms with Gasteiger partial charge in [0, 0.05) is 0 Å². The Balaban J connectivity index is 2.62. The molecule has 1 aromatic rings. The van der Waals surface area contributed by atoms with E-state index in [-0.39, 0.29) is 30.2 Å². The molecule has 1 unspecified atom stereocenters. The zero-order valence-electron chi connectivity index (χ0n) is 8.66. The minimum Gasteiger partial charge on any atom is -0.444 e. The monoisotopic (exact) mass is 275 g/mol. The Morgan fingerprint density at radius 1 is 1.60 bits per heavy atom. The molecule has 0 bridgehead atoms. The average Bonchev–Trinajstić information content (AvgIpc) is 2.60. The molecule has 0 aliphatic heterocycles. The molecule has 0 aromatic carbocycles. The lowest BCUT2D eigenvalue weighted by Crippen LogP contribution is -2.40. The Bertz CT molecular complexity index is 335. The van der Waals surface area contributed by atoms with Crippen LogP contribution in [-0.2, 0) is 0 Å². The van der Waals surface area contributed by atoms with E-state index < -0.39 is 0 Å². The van der Waals surface area contributed by atoms with Crippen LogP contribution in [0.3, 0.4) is 0 Å². The summed E-state index contributed by atoms with van der Waals surface area (Å²) in [4.78, 5) is 11.6. The number of hydrogen-bond donors (Lipinski definition) is 2. The predicted molar refractivity (Wildman–Crippen MR) is 59.6 cm³/mol. The van der Waals surface area contributed by atoms with Gasteiger partial charge in [0.05, 0.1) is 12.6 Å². The lowest BCUT2D eigenvalue weighted by atomic mass is 10.1. The number of furan rings is 1. The lowest BCUT2D eigenvalue weighted by Gasteiger charge is -2.18. The number of amides is 1. The second kappa shape index (κ2) is 5.32. The molecule has 0 radical (unpaired) electrons. The van der Waals surface area contributed by atoms with Gasteiger partial charge in [0.15, 0.2) is 10.4 Å². The first-order chi connectivity index (χ1) is 7.04. The van der Waals surface area contributed by atoms with E-state index >= 15 is 0 Å². The minimum atomic E-state index is -0.312. The van der Waals surface area contributed by atoms with Gasteiger partial charge in [-0.05, 0) is 34.0 Å². The molecule has 84 valence electrons. The van der Waals surface area contributed by atoms with Crippen molar-refractivity contribution in [2.45, 2.75) is 19.9 Å². The molecule has 0 saturated heterocycles. The molecule has 1 atom stereocenters. The smallest absolute Gasteiger partial charge is 0.287 e. The number of aliphatic hydroxyl groups is 1. The topological polar surface area (TPSA) is 62.5 Å². The van der Waals surface area contributed by atoms with E-state index in [1.807, 2.05) is 13.8 Å². The average molecular weight is 276 g/mol. The zero-order valence-corrected chi connectivity index (χ0v) is 10.2. The molecule has 1 rings (SSSR count). The maximum absolute atomic E-state index is 11.6. The van der Waals surface area contributed by atoms with Crippen LogP contribution < -0.4 is 5.32 Å². The van der Waals surface area contributed by atoms with E-state index in [0.717, 1.165) is 0 Å². The second-order valence-electron chi connectivity index (χ2n) is 3.61. The van der Waals surface area contributed by atoms with E-state index in [4.69, 9.17) is 9.52 Å². The van der Waals surface area contributed by atoms with Crippen LogP contribution in [0.1, 0.15) is 24.4 Å². The Kier molecular flexibility index (Phi) is 4.35. The van der Waals surface area contributed by atoms with Crippen molar-refractivity contribution in [3.05, 3.63) is 22.6 Å². The van der Waals surface area contributed by atoms with Crippen molar-refractivity contribution < 1.29 is 14.3 Å². The summed E-state index contributed by atoms with van der Waals surface area (Å²) in [5.41, 5.74) is 0. The van der Waals surface area contributed by atoms with E-state index in [1.54, 1.807) is 12.1 Å². The van der Waals surface area contributed by atoms with Gasteiger partial charge in [-0.3, -0.25) is 4.79 Å². The molecule has 5 heteroatoms. The molecule has 1 aromatic heterocycles. The summed E-state index contributed by atoms with van der Waals surface area (Å²) in [6, 6.07) is 2.98. The summed E-state index contributed by atoms with van der Waals surface area (Å²) in [5, 5.41) is 11.7. The number of rotatable bonds is 4. The molecule has 0 aliphatic rings. The van der Waals surface area contributed by atoms with Gasteiger partial charge in [-0.2, -0.15) is 0 Å². The molecular formula is C10H14BrNO3. The van der Waals surface area contributed by atoms with Crippen molar-refractivity contribution >= 4 is 21.8 Å². The molecule has 0 fully saturated rings. The van der Waals surface area contributed by atoms with E-state index in [2.05, 4.69) is 21.2 Å². The lowest BCUT2D eigenvalue weighted by molar-refractivity contribution is 0.0867. The third-order valence-corrected chi connectivity index (χ3v) is 2.54.